The third-order valence-corrected chi connectivity index (χ3v) is 4.16. The predicted molar refractivity (Wildman–Crippen MR) is 91.4 cm³/mol. The van der Waals surface area contributed by atoms with E-state index in [9.17, 15) is 9.59 Å². The van der Waals surface area contributed by atoms with Gasteiger partial charge in [-0.1, -0.05) is 19.1 Å². The molecule has 0 spiro atoms. The molecule has 1 unspecified atom stereocenters. The third-order valence-electron chi connectivity index (χ3n) is 4.16. The second-order valence-corrected chi connectivity index (χ2v) is 6.79. The number of rotatable bonds is 4. The first-order chi connectivity index (χ1) is 10.8. The molecule has 3 amide bonds. The van der Waals surface area contributed by atoms with Crippen molar-refractivity contribution in [2.75, 3.05) is 25.0 Å². The zero-order valence-corrected chi connectivity index (χ0v) is 14.1. The molecular weight excluding hydrogens is 292 g/mol. The van der Waals surface area contributed by atoms with Crippen LogP contribution in [0.4, 0.5) is 10.5 Å². The van der Waals surface area contributed by atoms with Gasteiger partial charge in [-0.15, -0.1) is 0 Å². The molecule has 0 aromatic heterocycles. The molecule has 1 aromatic rings. The number of nitrogens with two attached hydrogens (primary N) is 1. The number of hydrogen-bond acceptors (Lipinski definition) is 3. The number of carbonyl (C=O) groups is 2. The summed E-state index contributed by atoms with van der Waals surface area (Å²) < 4.78 is 0. The second-order valence-electron chi connectivity index (χ2n) is 6.79. The average Bonchev–Trinajstić information content (AvgIpc) is 2.89. The zero-order valence-electron chi connectivity index (χ0n) is 14.1. The minimum absolute atomic E-state index is 0.0208. The highest BCUT2D eigenvalue weighted by Gasteiger charge is 2.35. The lowest BCUT2D eigenvalue weighted by Crippen LogP contribution is -2.36. The molecule has 0 saturated carbocycles. The predicted octanol–water partition coefficient (Wildman–Crippen LogP) is 2.03. The molecule has 0 bridgehead atoms. The lowest BCUT2D eigenvalue weighted by atomic mass is 9.90. The largest absolute Gasteiger partial charge is 0.338 e. The Hall–Kier alpha value is -2.08. The van der Waals surface area contributed by atoms with Crippen molar-refractivity contribution < 1.29 is 9.59 Å². The molecule has 6 nitrogen and oxygen atoms in total. The summed E-state index contributed by atoms with van der Waals surface area (Å²) in [6.45, 7) is 7.77. The van der Waals surface area contributed by atoms with Crippen LogP contribution >= 0.6 is 0 Å². The van der Waals surface area contributed by atoms with Crippen molar-refractivity contribution in [1.29, 1.82) is 0 Å². The molecule has 1 fully saturated rings. The highest BCUT2D eigenvalue weighted by molar-refractivity contribution is 6.03. The number of carbonyl (C=O) groups excluding carboxylic acids is 2. The first-order valence-corrected chi connectivity index (χ1v) is 8.00. The molecule has 6 heteroatoms. The Morgan fingerprint density at radius 3 is 2.65 bits per heavy atom. The highest BCUT2D eigenvalue weighted by atomic mass is 16.2. The molecule has 1 aromatic carbocycles. The van der Waals surface area contributed by atoms with Crippen LogP contribution in [-0.4, -0.2) is 42.5 Å². The highest BCUT2D eigenvalue weighted by Crippen LogP contribution is 2.30. The minimum atomic E-state index is -0.312. The van der Waals surface area contributed by atoms with Crippen LogP contribution in [0, 0.1) is 5.41 Å². The Kier molecular flexibility index (Phi) is 5.26. The monoisotopic (exact) mass is 318 g/mol. The number of urea groups is 1. The smallest absolute Gasteiger partial charge is 0.319 e. The average molecular weight is 318 g/mol. The van der Waals surface area contributed by atoms with Gasteiger partial charge in [-0.25, -0.2) is 4.79 Å². The van der Waals surface area contributed by atoms with Crippen molar-refractivity contribution >= 4 is 17.6 Å². The van der Waals surface area contributed by atoms with Crippen molar-refractivity contribution in [3.05, 3.63) is 29.8 Å². The van der Waals surface area contributed by atoms with Gasteiger partial charge in [-0.05, 0) is 44.4 Å². The summed E-state index contributed by atoms with van der Waals surface area (Å²) in [5.41, 5.74) is 6.82. The summed E-state index contributed by atoms with van der Waals surface area (Å²) in [6, 6.07) is 6.80. The van der Waals surface area contributed by atoms with Crippen LogP contribution in [0.15, 0.2) is 24.3 Å². The van der Waals surface area contributed by atoms with Crippen LogP contribution < -0.4 is 16.4 Å². The van der Waals surface area contributed by atoms with Gasteiger partial charge in [0.1, 0.15) is 0 Å². The molecular formula is C17H26N4O2. The number of hydrogen-bond donors (Lipinski definition) is 3. The van der Waals surface area contributed by atoms with E-state index in [0.717, 1.165) is 6.42 Å². The van der Waals surface area contributed by atoms with E-state index in [2.05, 4.69) is 17.6 Å². The number of para-hydroxylation sites is 1. The van der Waals surface area contributed by atoms with Crippen molar-refractivity contribution in [2.45, 2.75) is 33.2 Å². The first kappa shape index (κ1) is 17.3. The van der Waals surface area contributed by atoms with E-state index in [0.29, 0.717) is 30.9 Å². The van der Waals surface area contributed by atoms with E-state index in [1.807, 2.05) is 18.7 Å². The molecule has 0 radical (unpaired) electrons. The Balaban J connectivity index is 2.14. The topological polar surface area (TPSA) is 87.5 Å². The van der Waals surface area contributed by atoms with E-state index in [4.69, 9.17) is 5.73 Å². The van der Waals surface area contributed by atoms with Crippen LogP contribution in [0.5, 0.6) is 0 Å². The van der Waals surface area contributed by atoms with E-state index in [1.54, 1.807) is 24.3 Å². The molecule has 1 aliphatic heterocycles. The summed E-state index contributed by atoms with van der Waals surface area (Å²) in [4.78, 5) is 26.5. The van der Waals surface area contributed by atoms with Gasteiger partial charge in [-0.3, -0.25) is 4.79 Å². The minimum Gasteiger partial charge on any atom is -0.338 e. The first-order valence-electron chi connectivity index (χ1n) is 8.00. The molecule has 126 valence electrons. The molecule has 1 atom stereocenters. The Morgan fingerprint density at radius 2 is 2.04 bits per heavy atom. The van der Waals surface area contributed by atoms with Gasteiger partial charge in [0.15, 0.2) is 0 Å². The maximum absolute atomic E-state index is 12.8. The van der Waals surface area contributed by atoms with Crippen LogP contribution in [-0.2, 0) is 0 Å². The molecule has 1 aliphatic rings. The maximum Gasteiger partial charge on any atom is 0.319 e. The summed E-state index contributed by atoms with van der Waals surface area (Å²) in [6.07, 6.45) is 0.901. The summed E-state index contributed by atoms with van der Waals surface area (Å²) >= 11 is 0. The SMILES string of the molecule is CC(C)NC(=O)Nc1ccccc1C(=O)N1CCC(C)(CN)C1. The maximum atomic E-state index is 12.8. The zero-order chi connectivity index (χ0) is 17.0. The van der Waals surface area contributed by atoms with Gasteiger partial charge in [-0.2, -0.15) is 0 Å². The molecule has 1 heterocycles. The molecule has 4 N–H and O–H groups in total. The summed E-state index contributed by atoms with van der Waals surface area (Å²) in [5, 5.41) is 5.52. The summed E-state index contributed by atoms with van der Waals surface area (Å²) in [7, 11) is 0. The number of anilines is 1. The van der Waals surface area contributed by atoms with Crippen LogP contribution in [0.3, 0.4) is 0 Å². The van der Waals surface area contributed by atoms with E-state index < -0.39 is 0 Å². The fourth-order valence-electron chi connectivity index (χ4n) is 2.73. The van der Waals surface area contributed by atoms with Gasteiger partial charge in [0.05, 0.1) is 11.3 Å². The molecule has 23 heavy (non-hydrogen) atoms. The van der Waals surface area contributed by atoms with Crippen molar-refractivity contribution in [3.8, 4) is 0 Å². The molecule has 0 aliphatic carbocycles. The summed E-state index contributed by atoms with van der Waals surface area (Å²) in [5.74, 6) is -0.0670. The van der Waals surface area contributed by atoms with E-state index in [-0.39, 0.29) is 23.4 Å². The van der Waals surface area contributed by atoms with Crippen molar-refractivity contribution in [3.63, 3.8) is 0 Å². The van der Waals surface area contributed by atoms with Gasteiger partial charge >= 0.3 is 6.03 Å². The lowest BCUT2D eigenvalue weighted by Gasteiger charge is -2.23. The lowest BCUT2D eigenvalue weighted by molar-refractivity contribution is 0.0778. The Labute approximate surface area is 137 Å². The van der Waals surface area contributed by atoms with Crippen LogP contribution in [0.1, 0.15) is 37.6 Å². The van der Waals surface area contributed by atoms with Gasteiger partial charge in [0.2, 0.25) is 0 Å². The van der Waals surface area contributed by atoms with Crippen molar-refractivity contribution in [2.24, 2.45) is 11.1 Å². The van der Waals surface area contributed by atoms with Gasteiger partial charge in [0.25, 0.3) is 5.91 Å². The quantitative estimate of drug-likeness (QED) is 0.794. The number of likely N-dealkylation sites (tertiary alicyclic amines) is 1. The Bertz CT molecular complexity index is 588. The van der Waals surface area contributed by atoms with E-state index in [1.165, 1.54) is 0 Å². The van der Waals surface area contributed by atoms with Gasteiger partial charge < -0.3 is 21.3 Å². The normalized spacial score (nSPS) is 20.7. The van der Waals surface area contributed by atoms with Gasteiger partial charge in [0, 0.05) is 19.1 Å². The fraction of sp³-hybridized carbons (Fsp3) is 0.529. The second kappa shape index (κ2) is 7.00. The van der Waals surface area contributed by atoms with Crippen molar-refractivity contribution in [1.82, 2.24) is 10.2 Å². The molecule has 1 saturated heterocycles. The number of benzene rings is 1. The standard InChI is InChI=1S/C17H26N4O2/c1-12(2)19-16(23)20-14-7-5-4-6-13(14)15(22)21-9-8-17(3,10-18)11-21/h4-7,12H,8-11,18H2,1-3H3,(H2,19,20,23). The number of nitrogens with zero attached hydrogens (tertiary/aromatic N) is 1. The molecule has 2 rings (SSSR count). The van der Waals surface area contributed by atoms with Crippen LogP contribution in [0.25, 0.3) is 0 Å². The van der Waals surface area contributed by atoms with E-state index >= 15 is 0 Å². The Morgan fingerprint density at radius 1 is 1.35 bits per heavy atom. The third kappa shape index (κ3) is 4.22. The number of amides is 3. The van der Waals surface area contributed by atoms with Crippen LogP contribution in [0.2, 0.25) is 0 Å². The fourth-order valence-corrected chi connectivity index (χ4v) is 2.73. The number of nitrogens with one attached hydrogen (secondary N) is 2.